The van der Waals surface area contributed by atoms with Gasteiger partial charge < -0.3 is 14.4 Å². The molecule has 0 unspecified atom stereocenters. The third-order valence-corrected chi connectivity index (χ3v) is 12.3. The molecule has 11 rings (SSSR count). The molecule has 0 bridgehead atoms. The van der Waals surface area contributed by atoms with Crippen LogP contribution in [0.25, 0.3) is 58.8 Å². The van der Waals surface area contributed by atoms with Crippen molar-refractivity contribution in [1.29, 1.82) is 0 Å². The second kappa shape index (κ2) is 14.3. The lowest BCUT2D eigenvalue weighted by atomic mass is 9.99. The van der Waals surface area contributed by atoms with Crippen LogP contribution < -0.4 is 9.80 Å². The number of fused-ring (bicyclic) bond motifs is 7. The molecular weight excluding hydrogens is 723 g/mol. The molecule has 274 valence electrons. The van der Waals surface area contributed by atoms with Gasteiger partial charge in [0.2, 0.25) is 0 Å². The minimum Gasteiger partial charge on any atom is -0.310 e. The Balaban J connectivity index is 1.21. The highest BCUT2D eigenvalue weighted by atomic mass is 32.1. The summed E-state index contributed by atoms with van der Waals surface area (Å²) in [6, 6.07) is 81.0. The van der Waals surface area contributed by atoms with Gasteiger partial charge in [-0.25, -0.2) is 0 Å². The van der Waals surface area contributed by atoms with Gasteiger partial charge in [0.1, 0.15) is 0 Å². The largest absolute Gasteiger partial charge is 0.310 e. The van der Waals surface area contributed by atoms with Crippen LogP contribution in [0.2, 0.25) is 0 Å². The van der Waals surface area contributed by atoms with Gasteiger partial charge in [-0.15, -0.1) is 11.3 Å². The highest BCUT2D eigenvalue weighted by molar-refractivity contribution is 7.26. The zero-order chi connectivity index (χ0) is 38.4. The van der Waals surface area contributed by atoms with E-state index >= 15 is 0 Å². The van der Waals surface area contributed by atoms with Crippen molar-refractivity contribution in [2.24, 2.45) is 0 Å². The van der Waals surface area contributed by atoms with E-state index in [0.717, 1.165) is 50.9 Å². The molecule has 0 aliphatic carbocycles. The van der Waals surface area contributed by atoms with Gasteiger partial charge in [0.25, 0.3) is 0 Å². The number of para-hydroxylation sites is 5. The van der Waals surface area contributed by atoms with E-state index in [1.54, 1.807) is 0 Å². The summed E-state index contributed by atoms with van der Waals surface area (Å²) in [7, 11) is 0. The van der Waals surface area contributed by atoms with Gasteiger partial charge in [-0.05, 0) is 114 Å². The summed E-state index contributed by atoms with van der Waals surface area (Å²) >= 11 is 1.89. The molecule has 2 aromatic heterocycles. The molecule has 0 saturated heterocycles. The first-order valence-electron chi connectivity index (χ1n) is 19.7. The lowest BCUT2D eigenvalue weighted by Gasteiger charge is -2.30. The van der Waals surface area contributed by atoms with E-state index in [2.05, 4.69) is 239 Å². The SMILES string of the molecule is c1ccc(N(c2ccccc2)c2cc(-c3ccc4c(c3)c3c5sc6ccccc6c5ccc3n4-c3ccccc3)cc(N(c3ccccc3)c3ccccc3)c2)cc1. The van der Waals surface area contributed by atoms with Crippen LogP contribution in [0.15, 0.2) is 224 Å². The average molecular weight is 760 g/mol. The fourth-order valence-electron chi connectivity index (χ4n) is 8.54. The molecule has 0 amide bonds. The number of anilines is 6. The third-order valence-electron chi connectivity index (χ3n) is 11.1. The molecule has 9 aromatic carbocycles. The van der Waals surface area contributed by atoms with Crippen LogP contribution in [0, 0.1) is 0 Å². The van der Waals surface area contributed by atoms with Gasteiger partial charge >= 0.3 is 0 Å². The quantitative estimate of drug-likeness (QED) is 0.153. The highest BCUT2D eigenvalue weighted by Crippen LogP contribution is 2.46. The first-order valence-corrected chi connectivity index (χ1v) is 20.5. The summed E-state index contributed by atoms with van der Waals surface area (Å²) in [5, 5.41) is 5.15. The lowest BCUT2D eigenvalue weighted by Crippen LogP contribution is -2.13. The third kappa shape index (κ3) is 5.82. The Hall–Kier alpha value is -7.40. The molecule has 11 aromatic rings. The monoisotopic (exact) mass is 759 g/mol. The van der Waals surface area contributed by atoms with Gasteiger partial charge in [0.05, 0.1) is 11.0 Å². The summed E-state index contributed by atoms with van der Waals surface area (Å²) in [5.41, 5.74) is 12.4. The predicted octanol–water partition coefficient (Wildman–Crippen LogP) is 15.8. The zero-order valence-corrected chi connectivity index (χ0v) is 32.4. The van der Waals surface area contributed by atoms with Crippen molar-refractivity contribution in [3.63, 3.8) is 0 Å². The maximum atomic E-state index is 2.43. The molecule has 2 heterocycles. The van der Waals surface area contributed by atoms with Crippen molar-refractivity contribution in [2.45, 2.75) is 0 Å². The summed E-state index contributed by atoms with van der Waals surface area (Å²) in [4.78, 5) is 4.73. The van der Waals surface area contributed by atoms with Crippen molar-refractivity contribution < 1.29 is 0 Å². The number of hydrogen-bond donors (Lipinski definition) is 0. The zero-order valence-electron chi connectivity index (χ0n) is 31.6. The highest BCUT2D eigenvalue weighted by Gasteiger charge is 2.22. The molecular formula is C54H37N3S. The first kappa shape index (κ1) is 33.9. The van der Waals surface area contributed by atoms with Gasteiger partial charge in [-0.3, -0.25) is 0 Å². The molecule has 0 fully saturated rings. The van der Waals surface area contributed by atoms with Gasteiger partial charge in [0, 0.05) is 70.8 Å². The van der Waals surface area contributed by atoms with Crippen LogP contribution in [0.5, 0.6) is 0 Å². The number of thiophene rings is 1. The predicted molar refractivity (Wildman–Crippen MR) is 248 cm³/mol. The van der Waals surface area contributed by atoms with Gasteiger partial charge in [-0.1, -0.05) is 121 Å². The average Bonchev–Trinajstić information content (AvgIpc) is 3.84. The summed E-state index contributed by atoms with van der Waals surface area (Å²) < 4.78 is 5.06. The van der Waals surface area contributed by atoms with Crippen LogP contribution >= 0.6 is 11.3 Å². The van der Waals surface area contributed by atoms with Crippen LogP contribution in [0.4, 0.5) is 34.1 Å². The number of hydrogen-bond acceptors (Lipinski definition) is 3. The Morgan fingerprint density at radius 1 is 0.328 bits per heavy atom. The number of nitrogens with zero attached hydrogens (tertiary/aromatic N) is 3. The molecule has 0 atom stereocenters. The molecule has 0 radical (unpaired) electrons. The Morgan fingerprint density at radius 3 is 1.36 bits per heavy atom. The smallest absolute Gasteiger partial charge is 0.0555 e. The number of aromatic nitrogens is 1. The van der Waals surface area contributed by atoms with E-state index < -0.39 is 0 Å². The van der Waals surface area contributed by atoms with Crippen LogP contribution in [-0.2, 0) is 0 Å². The van der Waals surface area contributed by atoms with E-state index in [0.29, 0.717) is 0 Å². The van der Waals surface area contributed by atoms with Gasteiger partial charge in [0.15, 0.2) is 0 Å². The maximum Gasteiger partial charge on any atom is 0.0555 e. The molecule has 0 N–H and O–H groups in total. The minimum atomic E-state index is 1.07. The molecule has 3 nitrogen and oxygen atoms in total. The van der Waals surface area contributed by atoms with Crippen LogP contribution in [0.3, 0.4) is 0 Å². The van der Waals surface area contributed by atoms with E-state index in [-0.39, 0.29) is 0 Å². The molecule has 0 saturated carbocycles. The Bertz CT molecular complexity index is 3030. The fourth-order valence-corrected chi connectivity index (χ4v) is 9.80. The summed E-state index contributed by atoms with van der Waals surface area (Å²) in [5.74, 6) is 0. The van der Waals surface area contributed by atoms with Crippen molar-refractivity contribution in [1.82, 2.24) is 4.57 Å². The van der Waals surface area contributed by atoms with E-state index in [4.69, 9.17) is 0 Å². The second-order valence-electron chi connectivity index (χ2n) is 14.6. The van der Waals surface area contributed by atoms with Crippen molar-refractivity contribution in [3.05, 3.63) is 224 Å². The summed E-state index contributed by atoms with van der Waals surface area (Å²) in [6.07, 6.45) is 0. The Labute approximate surface area is 341 Å². The topological polar surface area (TPSA) is 11.4 Å². The Morgan fingerprint density at radius 2 is 0.810 bits per heavy atom. The normalized spacial score (nSPS) is 11.4. The van der Waals surface area contributed by atoms with Crippen molar-refractivity contribution in [3.8, 4) is 16.8 Å². The van der Waals surface area contributed by atoms with Crippen LogP contribution in [-0.4, -0.2) is 4.57 Å². The van der Waals surface area contributed by atoms with Crippen molar-refractivity contribution in [2.75, 3.05) is 9.80 Å². The lowest BCUT2D eigenvalue weighted by molar-refractivity contribution is 1.18. The molecule has 0 aliphatic heterocycles. The molecule has 0 spiro atoms. The first-order chi connectivity index (χ1) is 28.8. The van der Waals surface area contributed by atoms with Gasteiger partial charge in [-0.2, -0.15) is 0 Å². The van der Waals surface area contributed by atoms with E-state index in [1.807, 2.05) is 11.3 Å². The number of rotatable bonds is 8. The molecule has 0 aliphatic rings. The minimum absolute atomic E-state index is 1.07. The Kier molecular flexibility index (Phi) is 8.34. The maximum absolute atomic E-state index is 2.43. The fraction of sp³-hybridized carbons (Fsp3) is 0. The standard InChI is InChI=1S/C54H37N3S/c1-6-18-40(19-7-1)55(41-20-8-2-9-21-41)45-34-39(35-46(37-45)56(42-22-10-3-11-23-42)43-24-12-4-13-25-43)38-30-32-50-49(36-38)53-51(57(50)44-26-14-5-15-27-44)33-31-48-47-28-16-17-29-52(47)58-54(48)53/h1-37H. The van der Waals surface area contributed by atoms with Crippen LogP contribution in [0.1, 0.15) is 0 Å². The number of benzene rings is 9. The second-order valence-corrected chi connectivity index (χ2v) is 15.6. The molecule has 58 heavy (non-hydrogen) atoms. The molecule has 4 heteroatoms. The van der Waals surface area contributed by atoms with E-state index in [9.17, 15) is 0 Å². The summed E-state index contributed by atoms with van der Waals surface area (Å²) in [6.45, 7) is 0. The van der Waals surface area contributed by atoms with Crippen molar-refractivity contribution >= 4 is 87.4 Å². The van der Waals surface area contributed by atoms with E-state index in [1.165, 1.54) is 42.0 Å².